The Balaban J connectivity index is 2.14. The van der Waals surface area contributed by atoms with Crippen molar-refractivity contribution in [2.75, 3.05) is 11.9 Å². The van der Waals surface area contributed by atoms with Crippen molar-refractivity contribution in [3.8, 4) is 5.88 Å². The number of nitrogens with one attached hydrogen (secondary N) is 1. The molecular weight excluding hydrogens is 286 g/mol. The molecule has 0 aliphatic carbocycles. The fourth-order valence-corrected chi connectivity index (χ4v) is 1.83. The van der Waals surface area contributed by atoms with Gasteiger partial charge in [0.15, 0.2) is 17.5 Å². The number of aromatic nitrogens is 1. The van der Waals surface area contributed by atoms with Gasteiger partial charge in [0.1, 0.15) is 6.61 Å². The molecular formula is C14H13ClF2N2O. The van der Waals surface area contributed by atoms with E-state index in [0.29, 0.717) is 11.6 Å². The molecule has 20 heavy (non-hydrogen) atoms. The zero-order valence-corrected chi connectivity index (χ0v) is 11.5. The predicted octanol–water partition coefficient (Wildman–Crippen LogP) is 4.02. The molecule has 0 saturated heterocycles. The Morgan fingerprint density at radius 1 is 1.25 bits per heavy atom. The summed E-state index contributed by atoms with van der Waals surface area (Å²) in [6.45, 7) is 2.36. The molecule has 1 aromatic carbocycles. The summed E-state index contributed by atoms with van der Waals surface area (Å²) in [6.07, 6.45) is 0. The predicted molar refractivity (Wildman–Crippen MR) is 74.1 cm³/mol. The number of nitrogens with zero attached hydrogens (tertiary/aromatic N) is 1. The maximum Gasteiger partial charge on any atom is 0.252 e. The standard InChI is InChI=1S/C14H13ClF2N2O/c1-2-18-13-11(16)7-12(17)14(19-13)20-8-9-4-3-5-10(15)6-9/h3-7H,2,8H2,1H3,(H,18,19). The normalized spacial score (nSPS) is 10.4. The van der Waals surface area contributed by atoms with E-state index in [0.717, 1.165) is 11.6 Å². The first-order chi connectivity index (χ1) is 9.60. The number of benzene rings is 1. The molecule has 0 saturated carbocycles. The summed E-state index contributed by atoms with van der Waals surface area (Å²) in [5.41, 5.74) is 0.771. The van der Waals surface area contributed by atoms with Gasteiger partial charge < -0.3 is 10.1 Å². The average Bonchev–Trinajstić information content (AvgIpc) is 2.41. The number of hydrogen-bond donors (Lipinski definition) is 1. The van der Waals surface area contributed by atoms with E-state index in [1.165, 1.54) is 0 Å². The first-order valence-electron chi connectivity index (χ1n) is 6.07. The van der Waals surface area contributed by atoms with Crippen molar-refractivity contribution in [1.29, 1.82) is 0 Å². The van der Waals surface area contributed by atoms with Gasteiger partial charge in [-0.05, 0) is 24.6 Å². The van der Waals surface area contributed by atoms with E-state index in [1.807, 2.05) is 0 Å². The highest BCUT2D eigenvalue weighted by Gasteiger charge is 2.12. The topological polar surface area (TPSA) is 34.2 Å². The van der Waals surface area contributed by atoms with Crippen LogP contribution in [0, 0.1) is 11.6 Å². The monoisotopic (exact) mass is 298 g/mol. The van der Waals surface area contributed by atoms with Crippen LogP contribution in [0.3, 0.4) is 0 Å². The molecule has 0 spiro atoms. The van der Waals surface area contributed by atoms with Crippen molar-refractivity contribution in [1.82, 2.24) is 4.98 Å². The van der Waals surface area contributed by atoms with Gasteiger partial charge in [-0.25, -0.2) is 8.78 Å². The fraction of sp³-hybridized carbons (Fsp3) is 0.214. The SMILES string of the molecule is CCNc1nc(OCc2cccc(Cl)c2)c(F)cc1F. The Kier molecular flexibility index (Phi) is 4.74. The maximum atomic E-state index is 13.6. The number of hydrogen-bond acceptors (Lipinski definition) is 3. The minimum atomic E-state index is -0.841. The summed E-state index contributed by atoms with van der Waals surface area (Å²) in [5.74, 6) is -1.87. The van der Waals surface area contributed by atoms with Crippen LogP contribution in [0.4, 0.5) is 14.6 Å². The number of rotatable bonds is 5. The molecule has 0 amide bonds. The average molecular weight is 299 g/mol. The molecule has 0 aliphatic heterocycles. The minimum absolute atomic E-state index is 0.0324. The van der Waals surface area contributed by atoms with E-state index in [9.17, 15) is 8.78 Å². The summed E-state index contributed by atoms with van der Waals surface area (Å²) in [5, 5.41) is 3.26. The van der Waals surface area contributed by atoms with Crippen LogP contribution in [0.15, 0.2) is 30.3 Å². The van der Waals surface area contributed by atoms with E-state index in [2.05, 4.69) is 10.3 Å². The quantitative estimate of drug-likeness (QED) is 0.905. The highest BCUT2D eigenvalue weighted by atomic mass is 35.5. The summed E-state index contributed by atoms with van der Waals surface area (Å²) < 4.78 is 32.2. The molecule has 1 N–H and O–H groups in total. The summed E-state index contributed by atoms with van der Waals surface area (Å²) in [7, 11) is 0. The molecule has 1 aromatic heterocycles. The van der Waals surface area contributed by atoms with Crippen LogP contribution in [-0.4, -0.2) is 11.5 Å². The van der Waals surface area contributed by atoms with Crippen LogP contribution in [0.5, 0.6) is 5.88 Å². The van der Waals surface area contributed by atoms with Crippen molar-refractivity contribution >= 4 is 17.4 Å². The molecule has 0 aliphatic rings. The molecule has 0 unspecified atom stereocenters. The molecule has 3 nitrogen and oxygen atoms in total. The Labute approximate surface area is 120 Å². The van der Waals surface area contributed by atoms with E-state index in [1.54, 1.807) is 31.2 Å². The van der Waals surface area contributed by atoms with Crippen LogP contribution in [0.2, 0.25) is 5.02 Å². The molecule has 0 bridgehead atoms. The Bertz CT molecular complexity index is 608. The molecule has 2 rings (SSSR count). The van der Waals surface area contributed by atoms with Crippen molar-refractivity contribution < 1.29 is 13.5 Å². The zero-order chi connectivity index (χ0) is 14.5. The van der Waals surface area contributed by atoms with Gasteiger partial charge in [-0.1, -0.05) is 23.7 Å². The number of ether oxygens (including phenoxy) is 1. The number of pyridine rings is 1. The van der Waals surface area contributed by atoms with Crippen LogP contribution in [0.25, 0.3) is 0 Å². The lowest BCUT2D eigenvalue weighted by molar-refractivity contribution is 0.276. The maximum absolute atomic E-state index is 13.6. The smallest absolute Gasteiger partial charge is 0.252 e. The minimum Gasteiger partial charge on any atom is -0.471 e. The molecule has 0 atom stereocenters. The number of halogens is 3. The van der Waals surface area contributed by atoms with Crippen LogP contribution in [-0.2, 0) is 6.61 Å². The first-order valence-corrected chi connectivity index (χ1v) is 6.45. The lowest BCUT2D eigenvalue weighted by atomic mass is 10.2. The Morgan fingerprint density at radius 3 is 2.75 bits per heavy atom. The molecule has 0 fully saturated rings. The summed E-state index contributed by atoms with van der Waals surface area (Å²) >= 11 is 5.84. The van der Waals surface area contributed by atoms with Crippen LogP contribution >= 0.6 is 11.6 Å². The highest BCUT2D eigenvalue weighted by molar-refractivity contribution is 6.30. The van der Waals surface area contributed by atoms with Gasteiger partial charge in [-0.2, -0.15) is 4.98 Å². The first kappa shape index (κ1) is 14.5. The second-order valence-electron chi connectivity index (χ2n) is 4.05. The third-order valence-corrected chi connectivity index (χ3v) is 2.74. The van der Waals surface area contributed by atoms with Gasteiger partial charge in [0.2, 0.25) is 0 Å². The van der Waals surface area contributed by atoms with Gasteiger partial charge in [-0.15, -0.1) is 0 Å². The summed E-state index contributed by atoms with van der Waals surface area (Å²) in [6, 6.07) is 7.73. The molecule has 0 radical (unpaired) electrons. The fourth-order valence-electron chi connectivity index (χ4n) is 1.62. The Hall–Kier alpha value is -1.88. The van der Waals surface area contributed by atoms with Crippen molar-refractivity contribution in [3.05, 3.63) is 52.6 Å². The number of anilines is 1. The Morgan fingerprint density at radius 2 is 2.05 bits per heavy atom. The van der Waals surface area contributed by atoms with Crippen LogP contribution in [0.1, 0.15) is 12.5 Å². The second kappa shape index (κ2) is 6.52. The lowest BCUT2D eigenvalue weighted by Gasteiger charge is -2.10. The van der Waals surface area contributed by atoms with Gasteiger partial charge in [-0.3, -0.25) is 0 Å². The largest absolute Gasteiger partial charge is 0.471 e. The highest BCUT2D eigenvalue weighted by Crippen LogP contribution is 2.22. The summed E-state index contributed by atoms with van der Waals surface area (Å²) in [4.78, 5) is 3.78. The third kappa shape index (κ3) is 3.57. The van der Waals surface area contributed by atoms with E-state index >= 15 is 0 Å². The van der Waals surface area contributed by atoms with Gasteiger partial charge in [0.05, 0.1) is 0 Å². The molecule has 106 valence electrons. The second-order valence-corrected chi connectivity index (χ2v) is 4.49. The van der Waals surface area contributed by atoms with E-state index in [-0.39, 0.29) is 18.3 Å². The van der Waals surface area contributed by atoms with Gasteiger partial charge in [0, 0.05) is 17.6 Å². The third-order valence-electron chi connectivity index (χ3n) is 2.51. The molecule has 6 heteroatoms. The molecule has 1 heterocycles. The van der Waals surface area contributed by atoms with E-state index < -0.39 is 11.6 Å². The van der Waals surface area contributed by atoms with Crippen molar-refractivity contribution in [2.24, 2.45) is 0 Å². The zero-order valence-electron chi connectivity index (χ0n) is 10.8. The van der Waals surface area contributed by atoms with Gasteiger partial charge >= 0.3 is 0 Å². The van der Waals surface area contributed by atoms with Crippen molar-refractivity contribution in [2.45, 2.75) is 13.5 Å². The molecule has 2 aromatic rings. The lowest BCUT2D eigenvalue weighted by Crippen LogP contribution is -2.06. The van der Waals surface area contributed by atoms with Gasteiger partial charge in [0.25, 0.3) is 5.88 Å². The van der Waals surface area contributed by atoms with E-state index in [4.69, 9.17) is 16.3 Å². The van der Waals surface area contributed by atoms with Crippen molar-refractivity contribution in [3.63, 3.8) is 0 Å². The van der Waals surface area contributed by atoms with Crippen LogP contribution < -0.4 is 10.1 Å².